The Kier molecular flexibility index (Phi) is 6.49. The lowest BCUT2D eigenvalue weighted by Gasteiger charge is -2.23. The van der Waals surface area contributed by atoms with Crippen molar-refractivity contribution < 1.29 is 19.1 Å². The highest BCUT2D eigenvalue weighted by Gasteiger charge is 2.14. The monoisotopic (exact) mass is 280 g/mol. The van der Waals surface area contributed by atoms with Gasteiger partial charge in [-0.05, 0) is 25.5 Å². The fourth-order valence-electron chi connectivity index (χ4n) is 1.76. The topological polar surface area (TPSA) is 68.7 Å². The van der Waals surface area contributed by atoms with E-state index in [0.29, 0.717) is 13.2 Å². The summed E-state index contributed by atoms with van der Waals surface area (Å²) in [7, 11) is 1.30. The zero-order chi connectivity index (χ0) is 15.0. The maximum Gasteiger partial charge on any atom is 0.356 e. The van der Waals surface area contributed by atoms with Gasteiger partial charge in [0.1, 0.15) is 12.2 Å². The number of ether oxygens (including phenoxy) is 2. The predicted molar refractivity (Wildman–Crippen MR) is 74.7 cm³/mol. The van der Waals surface area contributed by atoms with Crippen LogP contribution >= 0.6 is 0 Å². The van der Waals surface area contributed by atoms with Crippen molar-refractivity contribution in [1.82, 2.24) is 4.98 Å². The average molecular weight is 280 g/mol. The van der Waals surface area contributed by atoms with E-state index >= 15 is 0 Å². The number of hydrogen-bond acceptors (Lipinski definition) is 6. The van der Waals surface area contributed by atoms with Gasteiger partial charge in [0.15, 0.2) is 0 Å². The number of methoxy groups -OCH3 is 1. The predicted octanol–water partition coefficient (Wildman–Crippen LogP) is 1.65. The van der Waals surface area contributed by atoms with E-state index in [1.54, 1.807) is 19.1 Å². The van der Waals surface area contributed by atoms with Gasteiger partial charge in [0, 0.05) is 18.4 Å². The molecule has 0 atom stereocenters. The lowest BCUT2D eigenvalue weighted by molar-refractivity contribution is -0.141. The smallest absolute Gasteiger partial charge is 0.356 e. The normalized spacial score (nSPS) is 9.95. The summed E-state index contributed by atoms with van der Waals surface area (Å²) >= 11 is 0. The van der Waals surface area contributed by atoms with Crippen molar-refractivity contribution >= 4 is 17.6 Å². The summed E-state index contributed by atoms with van der Waals surface area (Å²) in [5, 5.41) is 0. The summed E-state index contributed by atoms with van der Waals surface area (Å²) in [5.74, 6) is -0.795. The second-order valence-corrected chi connectivity index (χ2v) is 4.12. The molecule has 0 aromatic carbocycles. The van der Waals surface area contributed by atoms with Gasteiger partial charge < -0.3 is 14.4 Å². The van der Waals surface area contributed by atoms with Crippen LogP contribution in [0.3, 0.4) is 0 Å². The van der Waals surface area contributed by atoms with E-state index < -0.39 is 5.97 Å². The lowest BCUT2D eigenvalue weighted by Crippen LogP contribution is -2.32. The largest absolute Gasteiger partial charge is 0.465 e. The Labute approximate surface area is 118 Å². The van der Waals surface area contributed by atoms with Crippen molar-refractivity contribution in [1.29, 1.82) is 0 Å². The van der Waals surface area contributed by atoms with Gasteiger partial charge in [-0.2, -0.15) is 0 Å². The van der Waals surface area contributed by atoms with E-state index in [1.165, 1.54) is 13.3 Å². The molecule has 0 bridgehead atoms. The highest BCUT2D eigenvalue weighted by molar-refractivity contribution is 5.88. The first-order valence-corrected chi connectivity index (χ1v) is 6.57. The summed E-state index contributed by atoms with van der Waals surface area (Å²) in [5.41, 5.74) is 0.963. The van der Waals surface area contributed by atoms with Gasteiger partial charge in [-0.15, -0.1) is 0 Å². The van der Waals surface area contributed by atoms with Crippen LogP contribution in [0.4, 0.5) is 5.69 Å². The summed E-state index contributed by atoms with van der Waals surface area (Å²) in [6.07, 6.45) is 2.39. The van der Waals surface area contributed by atoms with Gasteiger partial charge in [-0.3, -0.25) is 4.79 Å². The third-order valence-electron chi connectivity index (χ3n) is 2.62. The molecule has 0 saturated carbocycles. The van der Waals surface area contributed by atoms with Crippen LogP contribution in [0.2, 0.25) is 0 Å². The summed E-state index contributed by atoms with van der Waals surface area (Å²) in [6, 6.07) is 3.36. The lowest BCUT2D eigenvalue weighted by atomic mass is 10.2. The maximum atomic E-state index is 11.6. The quantitative estimate of drug-likeness (QED) is 0.707. The molecule has 1 aromatic heterocycles. The second-order valence-electron chi connectivity index (χ2n) is 4.12. The molecule has 0 radical (unpaired) electrons. The van der Waals surface area contributed by atoms with Crippen LogP contribution in [0, 0.1) is 0 Å². The maximum absolute atomic E-state index is 11.6. The van der Waals surface area contributed by atoms with Crippen LogP contribution in [0.25, 0.3) is 0 Å². The minimum atomic E-state index is -0.501. The molecule has 0 fully saturated rings. The highest BCUT2D eigenvalue weighted by Crippen LogP contribution is 2.15. The van der Waals surface area contributed by atoms with Crippen LogP contribution in [0.15, 0.2) is 18.3 Å². The zero-order valence-corrected chi connectivity index (χ0v) is 12.1. The Morgan fingerprint density at radius 2 is 2.10 bits per heavy atom. The van der Waals surface area contributed by atoms with Gasteiger partial charge in [0.25, 0.3) is 0 Å². The standard InChI is InChI=1S/C14H20N2O4/c1-4-8-16(10-13(17)20-5-2)11-6-7-15-12(9-11)14(18)19-3/h6-7,9H,4-5,8,10H2,1-3H3. The number of hydrogen-bond donors (Lipinski definition) is 0. The molecule has 6 heteroatoms. The van der Waals surface area contributed by atoms with Crippen LogP contribution in [0.5, 0.6) is 0 Å². The molecule has 0 spiro atoms. The van der Waals surface area contributed by atoms with Gasteiger partial charge in [0.05, 0.1) is 13.7 Å². The fourth-order valence-corrected chi connectivity index (χ4v) is 1.76. The Morgan fingerprint density at radius 1 is 1.35 bits per heavy atom. The first-order chi connectivity index (χ1) is 9.62. The van der Waals surface area contributed by atoms with Crippen LogP contribution in [-0.4, -0.2) is 43.7 Å². The molecule has 1 rings (SSSR count). The van der Waals surface area contributed by atoms with Gasteiger partial charge in [-0.1, -0.05) is 6.92 Å². The van der Waals surface area contributed by atoms with Crippen molar-refractivity contribution in [2.24, 2.45) is 0 Å². The second kappa shape index (κ2) is 8.14. The van der Waals surface area contributed by atoms with E-state index in [4.69, 9.17) is 4.74 Å². The van der Waals surface area contributed by atoms with Crippen molar-refractivity contribution in [2.45, 2.75) is 20.3 Å². The molecule has 6 nitrogen and oxygen atoms in total. The van der Waals surface area contributed by atoms with Gasteiger partial charge in [0.2, 0.25) is 0 Å². The number of esters is 2. The third kappa shape index (κ3) is 4.53. The molecule has 0 N–H and O–H groups in total. The summed E-state index contributed by atoms with van der Waals surface area (Å²) < 4.78 is 9.59. The number of aromatic nitrogens is 1. The molecule has 0 aliphatic heterocycles. The molecule has 20 heavy (non-hydrogen) atoms. The SMILES string of the molecule is CCCN(CC(=O)OCC)c1ccnc(C(=O)OC)c1. The Balaban J connectivity index is 2.90. The summed E-state index contributed by atoms with van der Waals surface area (Å²) in [4.78, 5) is 28.9. The molecular weight excluding hydrogens is 260 g/mol. The van der Waals surface area contributed by atoms with Gasteiger partial charge in [-0.25, -0.2) is 9.78 Å². The number of carbonyl (C=O) groups excluding carboxylic acids is 2. The molecule has 1 heterocycles. The molecular formula is C14H20N2O4. The van der Waals surface area contributed by atoms with Crippen LogP contribution < -0.4 is 4.90 Å². The van der Waals surface area contributed by atoms with E-state index in [1.807, 2.05) is 11.8 Å². The first-order valence-electron chi connectivity index (χ1n) is 6.57. The van der Waals surface area contributed by atoms with Crippen molar-refractivity contribution in [3.63, 3.8) is 0 Å². The molecule has 0 saturated heterocycles. The molecule has 0 amide bonds. The third-order valence-corrected chi connectivity index (χ3v) is 2.62. The Bertz CT molecular complexity index is 462. The van der Waals surface area contributed by atoms with E-state index in [-0.39, 0.29) is 18.2 Å². The minimum absolute atomic E-state index is 0.145. The zero-order valence-electron chi connectivity index (χ0n) is 12.1. The minimum Gasteiger partial charge on any atom is -0.465 e. The molecule has 0 unspecified atom stereocenters. The van der Waals surface area contributed by atoms with Crippen LogP contribution in [0.1, 0.15) is 30.8 Å². The number of carbonyl (C=O) groups is 2. The molecule has 0 aliphatic carbocycles. The number of nitrogens with zero attached hydrogens (tertiary/aromatic N) is 2. The highest BCUT2D eigenvalue weighted by atomic mass is 16.5. The molecule has 1 aromatic rings. The Morgan fingerprint density at radius 3 is 2.70 bits per heavy atom. The van der Waals surface area contributed by atoms with E-state index in [9.17, 15) is 9.59 Å². The van der Waals surface area contributed by atoms with Crippen molar-refractivity contribution in [3.8, 4) is 0 Å². The van der Waals surface area contributed by atoms with Crippen molar-refractivity contribution in [3.05, 3.63) is 24.0 Å². The van der Waals surface area contributed by atoms with E-state index in [0.717, 1.165) is 12.1 Å². The van der Waals surface area contributed by atoms with Gasteiger partial charge >= 0.3 is 11.9 Å². The Hall–Kier alpha value is -2.11. The number of anilines is 1. The number of rotatable bonds is 7. The van der Waals surface area contributed by atoms with E-state index in [2.05, 4.69) is 9.72 Å². The van der Waals surface area contributed by atoms with Crippen molar-refractivity contribution in [2.75, 3.05) is 31.7 Å². The number of pyridine rings is 1. The fraction of sp³-hybridized carbons (Fsp3) is 0.500. The molecule has 0 aliphatic rings. The average Bonchev–Trinajstić information content (AvgIpc) is 2.46. The summed E-state index contributed by atoms with van der Waals surface area (Å²) in [6.45, 7) is 4.96. The van der Waals surface area contributed by atoms with Crippen LogP contribution in [-0.2, 0) is 14.3 Å². The first kappa shape index (κ1) is 15.9. The molecule has 110 valence electrons.